The van der Waals surface area contributed by atoms with Gasteiger partial charge < -0.3 is 5.32 Å². The van der Waals surface area contributed by atoms with E-state index in [2.05, 4.69) is 46.1 Å². The van der Waals surface area contributed by atoms with Crippen LogP contribution in [-0.4, -0.2) is 38.9 Å². The number of amides is 1. The van der Waals surface area contributed by atoms with E-state index in [-0.39, 0.29) is 10.8 Å². The first-order chi connectivity index (χ1) is 14.4. The molecular formula is C23H29N3O3S. The van der Waals surface area contributed by atoms with Gasteiger partial charge in [-0.2, -0.15) is 0 Å². The summed E-state index contributed by atoms with van der Waals surface area (Å²) in [6.45, 7) is 5.31. The lowest BCUT2D eigenvalue weighted by Crippen LogP contribution is -2.31. The average Bonchev–Trinajstić information content (AvgIpc) is 3.07. The summed E-state index contributed by atoms with van der Waals surface area (Å²) < 4.78 is 28.4. The molecule has 6 nitrogen and oxygen atoms in total. The van der Waals surface area contributed by atoms with Crippen molar-refractivity contribution in [1.29, 1.82) is 0 Å². The molecule has 0 saturated carbocycles. The molecule has 2 aliphatic heterocycles. The number of aryl methyl sites for hydroxylation is 2. The minimum absolute atomic E-state index is 0.0149. The number of nitrogens with zero attached hydrogens (tertiary/aromatic N) is 1. The molecule has 1 unspecified atom stereocenters. The topological polar surface area (TPSA) is 78.5 Å². The van der Waals surface area contributed by atoms with E-state index >= 15 is 0 Å². The highest BCUT2D eigenvalue weighted by atomic mass is 32.2. The van der Waals surface area contributed by atoms with Gasteiger partial charge in [0.25, 0.3) is 0 Å². The number of rotatable bonds is 6. The largest absolute Gasteiger partial charge is 0.326 e. The summed E-state index contributed by atoms with van der Waals surface area (Å²) in [7, 11) is -3.57. The molecular weight excluding hydrogens is 398 g/mol. The average molecular weight is 428 g/mol. The molecule has 1 fully saturated rings. The Morgan fingerprint density at radius 3 is 2.73 bits per heavy atom. The molecule has 1 atom stereocenters. The highest BCUT2D eigenvalue weighted by Gasteiger charge is 2.25. The van der Waals surface area contributed by atoms with Gasteiger partial charge in [0.1, 0.15) is 0 Å². The fraction of sp³-hybridized carbons (Fsp3) is 0.435. The number of fused-ring (bicyclic) bond motifs is 1. The van der Waals surface area contributed by atoms with E-state index in [0.717, 1.165) is 43.7 Å². The second-order valence-corrected chi connectivity index (χ2v) is 10.2. The Hall–Kier alpha value is -2.22. The fourth-order valence-corrected chi connectivity index (χ4v) is 5.37. The summed E-state index contributed by atoms with van der Waals surface area (Å²) in [5, 5.41) is 2.85. The van der Waals surface area contributed by atoms with Crippen LogP contribution in [0.15, 0.2) is 47.4 Å². The number of benzene rings is 2. The van der Waals surface area contributed by atoms with Crippen LogP contribution < -0.4 is 10.0 Å². The molecule has 160 valence electrons. The molecule has 0 bridgehead atoms. The predicted molar refractivity (Wildman–Crippen MR) is 118 cm³/mol. The second kappa shape index (κ2) is 8.88. The number of anilines is 1. The van der Waals surface area contributed by atoms with E-state index in [1.54, 1.807) is 18.2 Å². The minimum atomic E-state index is -3.57. The molecule has 0 radical (unpaired) electrons. The Kier molecular flexibility index (Phi) is 6.22. The van der Waals surface area contributed by atoms with E-state index in [1.165, 1.54) is 11.1 Å². The maximum atomic E-state index is 12.8. The third-order valence-electron chi connectivity index (χ3n) is 5.97. The van der Waals surface area contributed by atoms with Gasteiger partial charge in [-0.05, 0) is 68.0 Å². The summed E-state index contributed by atoms with van der Waals surface area (Å²) >= 11 is 0. The third kappa shape index (κ3) is 5.09. The van der Waals surface area contributed by atoms with Crippen LogP contribution in [0.3, 0.4) is 0 Å². The number of likely N-dealkylation sites (tertiary alicyclic amines) is 1. The van der Waals surface area contributed by atoms with Crippen molar-refractivity contribution in [3.05, 3.63) is 59.2 Å². The second-order valence-electron chi connectivity index (χ2n) is 8.45. The Balaban J connectivity index is 1.34. The lowest BCUT2D eigenvalue weighted by Gasteiger charge is -2.17. The zero-order valence-electron chi connectivity index (χ0n) is 17.4. The molecule has 2 aromatic rings. The number of nitrogens with one attached hydrogen (secondary N) is 2. The Bertz CT molecular complexity index is 1020. The third-order valence-corrected chi connectivity index (χ3v) is 7.39. The van der Waals surface area contributed by atoms with E-state index in [4.69, 9.17) is 0 Å². The van der Waals surface area contributed by atoms with Gasteiger partial charge in [-0.25, -0.2) is 13.1 Å². The molecule has 2 heterocycles. The van der Waals surface area contributed by atoms with Gasteiger partial charge in [-0.15, -0.1) is 0 Å². The zero-order valence-corrected chi connectivity index (χ0v) is 18.2. The molecule has 4 rings (SSSR count). The van der Waals surface area contributed by atoms with Crippen LogP contribution in [0.5, 0.6) is 0 Å². The SMILES string of the molecule is Cc1ccc(CN2CCC(CNS(=O)(=O)c3ccc4c(c3)CCCC(=O)N4)C2)cc1. The van der Waals surface area contributed by atoms with E-state index in [1.807, 2.05) is 0 Å². The number of sulfonamides is 1. The maximum Gasteiger partial charge on any atom is 0.240 e. The first kappa shape index (κ1) is 21.0. The first-order valence-electron chi connectivity index (χ1n) is 10.6. The number of hydrogen-bond acceptors (Lipinski definition) is 4. The van der Waals surface area contributed by atoms with E-state index < -0.39 is 10.0 Å². The van der Waals surface area contributed by atoms with Gasteiger partial charge in [0.2, 0.25) is 15.9 Å². The molecule has 7 heteroatoms. The van der Waals surface area contributed by atoms with Crippen LogP contribution in [0.4, 0.5) is 5.69 Å². The van der Waals surface area contributed by atoms with Crippen molar-refractivity contribution in [1.82, 2.24) is 9.62 Å². The smallest absolute Gasteiger partial charge is 0.240 e. The number of carbonyl (C=O) groups excluding carboxylic acids is 1. The van der Waals surface area contributed by atoms with E-state index in [9.17, 15) is 13.2 Å². The van der Waals surface area contributed by atoms with Crippen molar-refractivity contribution < 1.29 is 13.2 Å². The minimum Gasteiger partial charge on any atom is -0.326 e. The van der Waals surface area contributed by atoms with Gasteiger partial charge in [0.05, 0.1) is 4.90 Å². The van der Waals surface area contributed by atoms with E-state index in [0.29, 0.717) is 25.3 Å². The monoisotopic (exact) mass is 427 g/mol. The quantitative estimate of drug-likeness (QED) is 0.743. The van der Waals surface area contributed by atoms with Gasteiger partial charge in [-0.3, -0.25) is 9.69 Å². The maximum absolute atomic E-state index is 12.8. The van der Waals surface area contributed by atoms with Crippen LogP contribution >= 0.6 is 0 Å². The first-order valence-corrected chi connectivity index (χ1v) is 12.1. The molecule has 30 heavy (non-hydrogen) atoms. The van der Waals surface area contributed by atoms with Crippen LogP contribution in [-0.2, 0) is 27.8 Å². The van der Waals surface area contributed by atoms with Crippen LogP contribution in [0.2, 0.25) is 0 Å². The lowest BCUT2D eigenvalue weighted by atomic mass is 10.1. The Morgan fingerprint density at radius 2 is 1.93 bits per heavy atom. The van der Waals surface area contributed by atoms with Crippen molar-refractivity contribution in [2.45, 2.75) is 44.0 Å². The molecule has 2 aliphatic rings. The van der Waals surface area contributed by atoms with Crippen LogP contribution in [0.1, 0.15) is 36.0 Å². The molecule has 0 aromatic heterocycles. The summed E-state index contributed by atoms with van der Waals surface area (Å²) in [5.74, 6) is 0.296. The Morgan fingerprint density at radius 1 is 1.13 bits per heavy atom. The Labute approximate surface area is 178 Å². The van der Waals surface area contributed by atoms with Crippen LogP contribution in [0, 0.1) is 12.8 Å². The van der Waals surface area contributed by atoms with Gasteiger partial charge in [0.15, 0.2) is 0 Å². The molecule has 0 aliphatic carbocycles. The fourth-order valence-electron chi connectivity index (χ4n) is 4.20. The summed E-state index contributed by atoms with van der Waals surface area (Å²) in [6.07, 6.45) is 2.89. The van der Waals surface area contributed by atoms with Gasteiger partial charge in [-0.1, -0.05) is 29.8 Å². The van der Waals surface area contributed by atoms with Gasteiger partial charge in [0, 0.05) is 31.7 Å². The normalized spacial score (nSPS) is 19.9. The van der Waals surface area contributed by atoms with Crippen molar-refractivity contribution in [2.75, 3.05) is 25.0 Å². The molecule has 2 N–H and O–H groups in total. The summed E-state index contributed by atoms with van der Waals surface area (Å²) in [4.78, 5) is 14.3. The van der Waals surface area contributed by atoms with Crippen molar-refractivity contribution in [2.24, 2.45) is 5.92 Å². The summed E-state index contributed by atoms with van der Waals surface area (Å²) in [5.41, 5.74) is 4.15. The van der Waals surface area contributed by atoms with Crippen molar-refractivity contribution in [3.8, 4) is 0 Å². The zero-order chi connectivity index (χ0) is 21.1. The molecule has 0 spiro atoms. The molecule has 1 saturated heterocycles. The number of hydrogen-bond donors (Lipinski definition) is 2. The standard InChI is InChI=1S/C23H29N3O3S/c1-17-5-7-18(8-6-17)15-26-12-11-19(16-26)14-24-30(28,29)21-9-10-22-20(13-21)3-2-4-23(27)25-22/h5-10,13,19,24H,2-4,11-12,14-16H2,1H3,(H,25,27). The predicted octanol–water partition coefficient (Wildman–Crippen LogP) is 3.07. The van der Waals surface area contributed by atoms with Gasteiger partial charge >= 0.3 is 0 Å². The summed E-state index contributed by atoms with van der Waals surface area (Å²) in [6, 6.07) is 13.5. The highest BCUT2D eigenvalue weighted by Crippen LogP contribution is 2.25. The van der Waals surface area contributed by atoms with Crippen molar-refractivity contribution in [3.63, 3.8) is 0 Å². The highest BCUT2D eigenvalue weighted by molar-refractivity contribution is 7.89. The lowest BCUT2D eigenvalue weighted by molar-refractivity contribution is -0.116. The van der Waals surface area contributed by atoms with Crippen LogP contribution in [0.25, 0.3) is 0 Å². The number of carbonyl (C=O) groups is 1. The van der Waals surface area contributed by atoms with Crippen molar-refractivity contribution >= 4 is 21.6 Å². The molecule has 1 amide bonds. The molecule has 2 aromatic carbocycles.